The van der Waals surface area contributed by atoms with Crippen LogP contribution in [0.5, 0.6) is 0 Å². The van der Waals surface area contributed by atoms with Gasteiger partial charge >= 0.3 is 0 Å². The van der Waals surface area contributed by atoms with Crippen LogP contribution < -0.4 is 5.73 Å². The van der Waals surface area contributed by atoms with Crippen molar-refractivity contribution in [1.82, 2.24) is 10.1 Å². The highest BCUT2D eigenvalue weighted by molar-refractivity contribution is 9.10. The maximum Gasteiger partial charge on any atom is 0.232 e. The summed E-state index contributed by atoms with van der Waals surface area (Å²) < 4.78 is 6.43. The molecule has 0 bridgehead atoms. The number of thioether (sulfide) groups is 1. The molecule has 2 unspecified atom stereocenters. The zero-order valence-corrected chi connectivity index (χ0v) is 12.7. The highest BCUT2D eigenvalue weighted by Gasteiger charge is 2.30. The molecule has 2 N–H and O–H groups in total. The third-order valence-electron chi connectivity index (χ3n) is 3.23. The standard InChI is InChI=1S/C13H14BrN3OS/c14-10-4-2-1-3-8(10)5-12-16-13(18-17-12)9-6-19-7-11(9)15/h1-4,9,11H,5-7,15H2. The van der Waals surface area contributed by atoms with E-state index in [9.17, 15) is 0 Å². The second kappa shape index (κ2) is 5.64. The quantitative estimate of drug-likeness (QED) is 0.930. The number of benzene rings is 1. The summed E-state index contributed by atoms with van der Waals surface area (Å²) in [4.78, 5) is 4.49. The van der Waals surface area contributed by atoms with Crippen LogP contribution in [0.4, 0.5) is 0 Å². The van der Waals surface area contributed by atoms with Crippen LogP contribution in [0.1, 0.15) is 23.2 Å². The fourth-order valence-electron chi connectivity index (χ4n) is 2.13. The SMILES string of the molecule is NC1CSCC1c1nc(Cc2ccccc2Br)no1. The largest absolute Gasteiger partial charge is 0.339 e. The van der Waals surface area contributed by atoms with E-state index in [4.69, 9.17) is 10.3 Å². The van der Waals surface area contributed by atoms with E-state index in [-0.39, 0.29) is 12.0 Å². The van der Waals surface area contributed by atoms with Gasteiger partial charge in [-0.05, 0) is 11.6 Å². The normalized spacial score (nSPS) is 22.8. The van der Waals surface area contributed by atoms with Crippen LogP contribution in [0.2, 0.25) is 0 Å². The Balaban J connectivity index is 1.77. The Labute approximate surface area is 124 Å². The molecule has 0 saturated carbocycles. The van der Waals surface area contributed by atoms with Crippen LogP contribution >= 0.6 is 27.7 Å². The van der Waals surface area contributed by atoms with Crippen molar-refractivity contribution in [1.29, 1.82) is 0 Å². The maximum absolute atomic E-state index is 6.04. The number of hydrogen-bond donors (Lipinski definition) is 1. The molecule has 2 aromatic rings. The lowest BCUT2D eigenvalue weighted by Crippen LogP contribution is -2.26. The van der Waals surface area contributed by atoms with E-state index in [1.807, 2.05) is 30.0 Å². The first kappa shape index (κ1) is 13.1. The molecular formula is C13H14BrN3OS. The Morgan fingerprint density at radius 1 is 1.37 bits per heavy atom. The lowest BCUT2D eigenvalue weighted by Gasteiger charge is -2.07. The zero-order chi connectivity index (χ0) is 13.2. The van der Waals surface area contributed by atoms with Crippen molar-refractivity contribution < 1.29 is 4.52 Å². The molecule has 1 saturated heterocycles. The third-order valence-corrected chi connectivity index (χ3v) is 5.22. The van der Waals surface area contributed by atoms with Crippen molar-refractivity contribution in [2.45, 2.75) is 18.4 Å². The Kier molecular flexibility index (Phi) is 3.91. The summed E-state index contributed by atoms with van der Waals surface area (Å²) in [7, 11) is 0. The van der Waals surface area contributed by atoms with E-state index in [1.165, 1.54) is 0 Å². The molecule has 100 valence electrons. The minimum Gasteiger partial charge on any atom is -0.339 e. The van der Waals surface area contributed by atoms with Crippen molar-refractivity contribution >= 4 is 27.7 Å². The molecule has 1 fully saturated rings. The van der Waals surface area contributed by atoms with Crippen LogP contribution in [-0.4, -0.2) is 27.7 Å². The van der Waals surface area contributed by atoms with Gasteiger partial charge in [0.05, 0.1) is 5.92 Å². The maximum atomic E-state index is 6.04. The van der Waals surface area contributed by atoms with Gasteiger partial charge in [-0.3, -0.25) is 0 Å². The summed E-state index contributed by atoms with van der Waals surface area (Å²) in [6.07, 6.45) is 0.667. The van der Waals surface area contributed by atoms with Crippen LogP contribution in [0, 0.1) is 0 Å². The van der Waals surface area contributed by atoms with E-state index in [1.54, 1.807) is 0 Å². The average Bonchev–Trinajstić information content (AvgIpc) is 3.01. The molecule has 2 heterocycles. The molecule has 19 heavy (non-hydrogen) atoms. The molecule has 4 nitrogen and oxygen atoms in total. The molecule has 1 aliphatic rings. The second-order valence-corrected chi connectivity index (χ2v) is 6.55. The van der Waals surface area contributed by atoms with Gasteiger partial charge < -0.3 is 10.3 Å². The van der Waals surface area contributed by atoms with Gasteiger partial charge in [0, 0.05) is 28.4 Å². The van der Waals surface area contributed by atoms with Crippen LogP contribution in [-0.2, 0) is 6.42 Å². The van der Waals surface area contributed by atoms with Gasteiger partial charge in [0.2, 0.25) is 5.89 Å². The summed E-state index contributed by atoms with van der Waals surface area (Å²) in [6.45, 7) is 0. The molecule has 2 atom stereocenters. The number of nitrogens with zero attached hydrogens (tertiary/aromatic N) is 2. The summed E-state index contributed by atoms with van der Waals surface area (Å²) in [5.41, 5.74) is 7.19. The topological polar surface area (TPSA) is 64.9 Å². The molecule has 0 radical (unpaired) electrons. The Morgan fingerprint density at radius 3 is 2.95 bits per heavy atom. The molecular weight excluding hydrogens is 326 g/mol. The lowest BCUT2D eigenvalue weighted by atomic mass is 10.1. The Hall–Kier alpha value is -0.850. The molecule has 3 rings (SSSR count). The number of hydrogen-bond acceptors (Lipinski definition) is 5. The van der Waals surface area contributed by atoms with E-state index in [2.05, 4.69) is 32.1 Å². The van der Waals surface area contributed by atoms with Gasteiger partial charge in [-0.15, -0.1) is 0 Å². The summed E-state index contributed by atoms with van der Waals surface area (Å²) in [5, 5.41) is 4.06. The van der Waals surface area contributed by atoms with Gasteiger partial charge in [0.15, 0.2) is 5.82 Å². The molecule has 0 spiro atoms. The molecule has 0 amide bonds. The molecule has 6 heteroatoms. The van der Waals surface area contributed by atoms with Crippen LogP contribution in [0.15, 0.2) is 33.3 Å². The molecule has 1 aliphatic heterocycles. The van der Waals surface area contributed by atoms with E-state index >= 15 is 0 Å². The predicted molar refractivity (Wildman–Crippen MR) is 79.3 cm³/mol. The molecule has 1 aromatic heterocycles. The summed E-state index contributed by atoms with van der Waals surface area (Å²) in [5.74, 6) is 3.53. The van der Waals surface area contributed by atoms with Gasteiger partial charge in [-0.1, -0.05) is 39.3 Å². The first-order chi connectivity index (χ1) is 9.24. The van der Waals surface area contributed by atoms with Gasteiger partial charge in [0.1, 0.15) is 0 Å². The van der Waals surface area contributed by atoms with Crippen molar-refractivity contribution in [2.75, 3.05) is 11.5 Å². The van der Waals surface area contributed by atoms with E-state index < -0.39 is 0 Å². The number of halogens is 1. The fraction of sp³-hybridized carbons (Fsp3) is 0.385. The number of nitrogens with two attached hydrogens (primary N) is 1. The Bertz CT molecular complexity index is 575. The summed E-state index contributed by atoms with van der Waals surface area (Å²) >= 11 is 5.37. The van der Waals surface area contributed by atoms with Crippen molar-refractivity contribution in [3.8, 4) is 0 Å². The fourth-order valence-corrected chi connectivity index (χ4v) is 3.84. The first-order valence-corrected chi connectivity index (χ1v) is 8.08. The van der Waals surface area contributed by atoms with Crippen molar-refractivity contribution in [3.05, 3.63) is 46.0 Å². The van der Waals surface area contributed by atoms with Gasteiger partial charge in [-0.25, -0.2) is 0 Å². The zero-order valence-electron chi connectivity index (χ0n) is 10.3. The van der Waals surface area contributed by atoms with Crippen LogP contribution in [0.25, 0.3) is 0 Å². The second-order valence-electron chi connectivity index (χ2n) is 4.62. The highest BCUT2D eigenvalue weighted by Crippen LogP contribution is 2.30. The van der Waals surface area contributed by atoms with Crippen molar-refractivity contribution in [2.24, 2.45) is 5.73 Å². The number of aromatic nitrogens is 2. The van der Waals surface area contributed by atoms with E-state index in [0.717, 1.165) is 21.5 Å². The minimum atomic E-state index is 0.127. The Morgan fingerprint density at radius 2 is 2.21 bits per heavy atom. The van der Waals surface area contributed by atoms with Crippen molar-refractivity contribution in [3.63, 3.8) is 0 Å². The lowest BCUT2D eigenvalue weighted by molar-refractivity contribution is 0.349. The average molecular weight is 340 g/mol. The molecule has 0 aliphatic carbocycles. The minimum absolute atomic E-state index is 0.127. The number of rotatable bonds is 3. The predicted octanol–water partition coefficient (Wildman–Crippen LogP) is 2.58. The van der Waals surface area contributed by atoms with Gasteiger partial charge in [-0.2, -0.15) is 16.7 Å². The summed E-state index contributed by atoms with van der Waals surface area (Å²) in [6, 6.07) is 8.19. The highest BCUT2D eigenvalue weighted by atomic mass is 79.9. The monoisotopic (exact) mass is 339 g/mol. The first-order valence-electron chi connectivity index (χ1n) is 6.13. The smallest absolute Gasteiger partial charge is 0.232 e. The van der Waals surface area contributed by atoms with E-state index in [0.29, 0.717) is 18.1 Å². The third kappa shape index (κ3) is 2.85. The van der Waals surface area contributed by atoms with Gasteiger partial charge in [0.25, 0.3) is 0 Å². The molecule has 1 aromatic carbocycles. The van der Waals surface area contributed by atoms with Crippen LogP contribution in [0.3, 0.4) is 0 Å².